The average molecular weight is 459 g/mol. The van der Waals surface area contributed by atoms with Crippen molar-refractivity contribution in [2.75, 3.05) is 37.5 Å². The van der Waals surface area contributed by atoms with E-state index in [1.807, 2.05) is 19.1 Å². The van der Waals surface area contributed by atoms with Gasteiger partial charge in [0.1, 0.15) is 17.1 Å². The number of carbonyl (C=O) groups is 1. The lowest BCUT2D eigenvalue weighted by atomic mass is 10.1. The highest BCUT2D eigenvalue weighted by molar-refractivity contribution is 5.96. The normalized spacial score (nSPS) is 11.1. The summed E-state index contributed by atoms with van der Waals surface area (Å²) in [6.07, 6.45) is 1.59. The summed E-state index contributed by atoms with van der Waals surface area (Å²) < 4.78 is 17.6. The van der Waals surface area contributed by atoms with Crippen LogP contribution in [0.15, 0.2) is 38.3 Å². The molecule has 3 aromatic rings. The van der Waals surface area contributed by atoms with Crippen LogP contribution in [0.3, 0.4) is 0 Å². The van der Waals surface area contributed by atoms with Crippen molar-refractivity contribution in [3.8, 4) is 0 Å². The lowest BCUT2D eigenvalue weighted by Crippen LogP contribution is -2.39. The summed E-state index contributed by atoms with van der Waals surface area (Å²) in [6, 6.07) is 7.23. The lowest BCUT2D eigenvalue weighted by Gasteiger charge is -2.26. The van der Waals surface area contributed by atoms with Gasteiger partial charge < -0.3 is 24.5 Å². The Hall–Kier alpha value is -3.53. The highest BCUT2D eigenvalue weighted by Crippen LogP contribution is 2.30. The first-order valence-electron chi connectivity index (χ1n) is 11.0. The van der Waals surface area contributed by atoms with Crippen LogP contribution in [0.2, 0.25) is 0 Å². The minimum atomic E-state index is -0.605. The number of carbonyl (C=O) groups excluding carboxylic acids is 1. The van der Waals surface area contributed by atoms with Gasteiger partial charge in [-0.05, 0) is 19.4 Å². The fourth-order valence-corrected chi connectivity index (χ4v) is 3.70. The first-order chi connectivity index (χ1) is 15.9. The summed E-state index contributed by atoms with van der Waals surface area (Å²) >= 11 is 0. The molecule has 2 aromatic heterocycles. The van der Waals surface area contributed by atoms with Crippen molar-refractivity contribution in [3.05, 3.63) is 56.4 Å². The third-order valence-corrected chi connectivity index (χ3v) is 5.34. The number of nitrogen functional groups attached to an aromatic ring is 1. The minimum absolute atomic E-state index is 0.0646. The Bertz CT molecular complexity index is 1230. The number of nitrogens with zero attached hydrogens (tertiary/aromatic N) is 2. The zero-order chi connectivity index (χ0) is 24.0. The molecule has 0 unspecified atom stereocenters. The van der Waals surface area contributed by atoms with E-state index in [1.54, 1.807) is 31.1 Å². The molecule has 2 heterocycles. The van der Waals surface area contributed by atoms with Gasteiger partial charge in [0.2, 0.25) is 5.76 Å². The maximum Gasteiger partial charge on any atom is 0.374 e. The van der Waals surface area contributed by atoms with Gasteiger partial charge in [-0.3, -0.25) is 14.3 Å². The van der Waals surface area contributed by atoms with Gasteiger partial charge in [0, 0.05) is 37.7 Å². The number of aromatic nitrogens is 2. The van der Waals surface area contributed by atoms with E-state index in [1.165, 1.54) is 4.57 Å². The molecule has 0 bridgehead atoms. The fourth-order valence-electron chi connectivity index (χ4n) is 3.70. The molecule has 0 saturated heterocycles. The molecule has 1 aromatic carbocycles. The van der Waals surface area contributed by atoms with Gasteiger partial charge in [0.05, 0.1) is 13.2 Å². The van der Waals surface area contributed by atoms with E-state index in [-0.39, 0.29) is 43.6 Å². The number of furan rings is 1. The van der Waals surface area contributed by atoms with Crippen LogP contribution in [-0.4, -0.2) is 42.4 Å². The number of para-hydroxylation sites is 1. The van der Waals surface area contributed by atoms with Gasteiger partial charge >= 0.3 is 11.7 Å². The second kappa shape index (κ2) is 10.9. The Morgan fingerprint density at radius 1 is 1.24 bits per heavy atom. The average Bonchev–Trinajstić information content (AvgIpc) is 3.15. The number of nitrogens with one attached hydrogen (secondary N) is 1. The van der Waals surface area contributed by atoms with Crippen LogP contribution in [0.5, 0.6) is 0 Å². The quantitative estimate of drug-likeness (QED) is 0.419. The summed E-state index contributed by atoms with van der Waals surface area (Å²) in [4.78, 5) is 41.9. The summed E-state index contributed by atoms with van der Waals surface area (Å²) in [7, 11) is 1.55. The molecule has 0 fully saturated rings. The molecule has 0 radical (unpaired) electrons. The molecule has 0 atom stereocenters. The Balaban J connectivity index is 2.14. The van der Waals surface area contributed by atoms with Gasteiger partial charge in [0.25, 0.3) is 5.56 Å². The summed E-state index contributed by atoms with van der Waals surface area (Å²) in [6.45, 7) is 4.98. The van der Waals surface area contributed by atoms with Gasteiger partial charge in [0.15, 0.2) is 0 Å². The van der Waals surface area contributed by atoms with Crippen LogP contribution < -0.4 is 21.9 Å². The predicted molar refractivity (Wildman–Crippen MR) is 126 cm³/mol. The number of hydrogen-bond donors (Lipinski definition) is 2. The predicted octanol–water partition coefficient (Wildman–Crippen LogP) is 2.49. The zero-order valence-electron chi connectivity index (χ0n) is 19.2. The largest absolute Gasteiger partial charge is 0.460 e. The summed E-state index contributed by atoms with van der Waals surface area (Å²) in [5.74, 6) is -0.459. The molecule has 33 heavy (non-hydrogen) atoms. The van der Waals surface area contributed by atoms with Crippen LogP contribution >= 0.6 is 0 Å². The topological polar surface area (TPSA) is 133 Å². The standard InChI is InChI=1S/C23H30N4O6/c1-4-6-11-27-20(24)18(21(28)25-23(27)30)26(12-13-31-3)14-16-15-9-7-8-10-17(15)33-19(16)22(29)32-5-2/h7-10H,4-6,11-14,24H2,1-3H3,(H,25,28,30). The van der Waals surface area contributed by atoms with E-state index in [9.17, 15) is 14.4 Å². The number of anilines is 2. The molecule has 178 valence electrons. The van der Waals surface area contributed by atoms with Crippen molar-refractivity contribution in [1.82, 2.24) is 9.55 Å². The Kier molecular flexibility index (Phi) is 7.94. The molecular weight excluding hydrogens is 428 g/mol. The van der Waals surface area contributed by atoms with Crippen LogP contribution in [0.4, 0.5) is 11.5 Å². The van der Waals surface area contributed by atoms with Crippen molar-refractivity contribution in [3.63, 3.8) is 0 Å². The van der Waals surface area contributed by atoms with E-state index in [4.69, 9.17) is 19.6 Å². The molecule has 3 rings (SSSR count). The van der Waals surface area contributed by atoms with Crippen molar-refractivity contribution in [2.24, 2.45) is 0 Å². The zero-order valence-corrected chi connectivity index (χ0v) is 19.2. The number of methoxy groups -OCH3 is 1. The molecule has 0 amide bonds. The third kappa shape index (κ3) is 5.11. The van der Waals surface area contributed by atoms with Gasteiger partial charge in [-0.15, -0.1) is 0 Å². The van der Waals surface area contributed by atoms with Crippen LogP contribution in [0.1, 0.15) is 42.8 Å². The number of aromatic amines is 1. The molecule has 3 N–H and O–H groups in total. The Morgan fingerprint density at radius 3 is 2.70 bits per heavy atom. The fraction of sp³-hybridized carbons (Fsp3) is 0.435. The van der Waals surface area contributed by atoms with Crippen molar-refractivity contribution >= 4 is 28.4 Å². The number of rotatable bonds is 11. The number of unbranched alkanes of at least 4 members (excludes halogenated alkanes) is 1. The number of hydrogen-bond acceptors (Lipinski definition) is 8. The third-order valence-electron chi connectivity index (χ3n) is 5.34. The molecule has 10 nitrogen and oxygen atoms in total. The minimum Gasteiger partial charge on any atom is -0.460 e. The van der Waals surface area contributed by atoms with E-state index in [2.05, 4.69) is 4.98 Å². The van der Waals surface area contributed by atoms with Crippen molar-refractivity contribution in [1.29, 1.82) is 0 Å². The molecule has 0 saturated carbocycles. The molecule has 0 aliphatic carbocycles. The maximum atomic E-state index is 12.9. The van der Waals surface area contributed by atoms with E-state index in [0.29, 0.717) is 17.7 Å². The highest BCUT2D eigenvalue weighted by atomic mass is 16.5. The monoisotopic (exact) mass is 458 g/mol. The second-order valence-corrected chi connectivity index (χ2v) is 7.54. The summed E-state index contributed by atoms with van der Waals surface area (Å²) in [5, 5.41) is 0.720. The number of ether oxygens (including phenoxy) is 2. The molecule has 0 aliphatic rings. The molecular formula is C23H30N4O6. The van der Waals surface area contributed by atoms with Gasteiger partial charge in [-0.25, -0.2) is 9.59 Å². The van der Waals surface area contributed by atoms with Crippen LogP contribution in [0, 0.1) is 0 Å². The van der Waals surface area contributed by atoms with E-state index >= 15 is 0 Å². The van der Waals surface area contributed by atoms with E-state index < -0.39 is 17.2 Å². The van der Waals surface area contributed by atoms with Crippen molar-refractivity contribution < 1.29 is 18.7 Å². The van der Waals surface area contributed by atoms with Gasteiger partial charge in [-0.1, -0.05) is 31.5 Å². The second-order valence-electron chi connectivity index (χ2n) is 7.54. The smallest absolute Gasteiger partial charge is 0.374 e. The number of fused-ring (bicyclic) bond motifs is 1. The maximum absolute atomic E-state index is 12.9. The highest BCUT2D eigenvalue weighted by Gasteiger charge is 2.26. The Morgan fingerprint density at radius 2 is 2.00 bits per heavy atom. The molecule has 0 aliphatic heterocycles. The lowest BCUT2D eigenvalue weighted by molar-refractivity contribution is 0.0491. The first-order valence-corrected chi connectivity index (χ1v) is 11.0. The summed E-state index contributed by atoms with van der Waals surface area (Å²) in [5.41, 5.74) is 6.40. The Labute approximate surface area is 190 Å². The molecule has 10 heteroatoms. The number of benzene rings is 1. The van der Waals surface area contributed by atoms with Crippen LogP contribution in [0.25, 0.3) is 11.0 Å². The van der Waals surface area contributed by atoms with Gasteiger partial charge in [-0.2, -0.15) is 0 Å². The molecule has 0 spiro atoms. The van der Waals surface area contributed by atoms with Crippen LogP contribution in [-0.2, 0) is 22.6 Å². The number of H-pyrrole nitrogens is 1. The first kappa shape index (κ1) is 24.1. The number of esters is 1. The SMILES string of the molecule is CCCCn1c(N)c(N(CCOC)Cc2c(C(=O)OCC)oc3ccccc23)c(=O)[nH]c1=O. The number of nitrogens with two attached hydrogens (primary N) is 1. The van der Waals surface area contributed by atoms with E-state index in [0.717, 1.165) is 18.2 Å². The van der Waals surface area contributed by atoms with Crippen molar-refractivity contribution in [2.45, 2.75) is 39.8 Å².